The Bertz CT molecular complexity index is 525. The van der Waals surface area contributed by atoms with E-state index in [4.69, 9.17) is 5.11 Å². The predicted octanol–water partition coefficient (Wildman–Crippen LogP) is 2.78. The second kappa shape index (κ2) is 6.45. The summed E-state index contributed by atoms with van der Waals surface area (Å²) in [5.74, 6) is 6.45. The summed E-state index contributed by atoms with van der Waals surface area (Å²) in [5.41, 5.74) is 0.973. The number of thioether (sulfide) groups is 1. The predicted molar refractivity (Wildman–Crippen MR) is 72.1 cm³/mol. The first-order valence-corrected chi connectivity index (χ1v) is 6.96. The maximum Gasteiger partial charge on any atom is 0.104 e. The first-order chi connectivity index (χ1) is 8.38. The van der Waals surface area contributed by atoms with Crippen molar-refractivity contribution in [1.29, 1.82) is 0 Å². The molecule has 17 heavy (non-hydrogen) atoms. The topological polar surface area (TPSA) is 33.1 Å². The van der Waals surface area contributed by atoms with E-state index < -0.39 is 0 Å². The number of hydrogen-bond donors (Lipinski definition) is 1. The maximum atomic E-state index is 8.60. The molecule has 0 amide bonds. The Labute approximate surface area is 109 Å². The SMILES string of the molecule is OCC#Cc1csc(CSc2ccccn2)c1. The van der Waals surface area contributed by atoms with Crippen molar-refractivity contribution in [3.8, 4) is 11.8 Å². The Hall–Kier alpha value is -1.28. The summed E-state index contributed by atoms with van der Waals surface area (Å²) in [4.78, 5) is 5.52. The van der Waals surface area contributed by atoms with Gasteiger partial charge in [0.25, 0.3) is 0 Å². The highest BCUT2D eigenvalue weighted by Crippen LogP contribution is 2.24. The lowest BCUT2D eigenvalue weighted by Crippen LogP contribution is -1.78. The van der Waals surface area contributed by atoms with Crippen LogP contribution in [0.5, 0.6) is 0 Å². The highest BCUT2D eigenvalue weighted by molar-refractivity contribution is 7.98. The number of pyridine rings is 1. The molecule has 0 saturated carbocycles. The van der Waals surface area contributed by atoms with Crippen LogP contribution < -0.4 is 0 Å². The number of nitrogens with zero attached hydrogens (tertiary/aromatic N) is 1. The normalized spacial score (nSPS) is 9.71. The lowest BCUT2D eigenvalue weighted by molar-refractivity contribution is 0.350. The third-order valence-corrected chi connectivity index (χ3v) is 4.08. The molecule has 0 spiro atoms. The third kappa shape index (κ3) is 3.90. The molecule has 0 aromatic carbocycles. The van der Waals surface area contributed by atoms with Gasteiger partial charge in [0.1, 0.15) is 6.61 Å². The Morgan fingerprint density at radius 2 is 2.35 bits per heavy atom. The molecule has 0 aliphatic rings. The average Bonchev–Trinajstić information content (AvgIpc) is 2.83. The molecule has 2 aromatic rings. The molecule has 4 heteroatoms. The van der Waals surface area contributed by atoms with Crippen molar-refractivity contribution < 1.29 is 5.11 Å². The van der Waals surface area contributed by atoms with Crippen molar-refractivity contribution in [3.63, 3.8) is 0 Å². The molecule has 0 aliphatic carbocycles. The van der Waals surface area contributed by atoms with Gasteiger partial charge in [-0.05, 0) is 18.2 Å². The molecule has 0 atom stereocenters. The first kappa shape index (κ1) is 12.2. The fourth-order valence-corrected chi connectivity index (χ4v) is 2.97. The van der Waals surface area contributed by atoms with Gasteiger partial charge in [-0.2, -0.15) is 0 Å². The van der Waals surface area contributed by atoms with Crippen molar-refractivity contribution >= 4 is 23.1 Å². The van der Waals surface area contributed by atoms with E-state index in [-0.39, 0.29) is 6.61 Å². The molecular formula is C13H11NOS2. The molecule has 0 saturated heterocycles. The van der Waals surface area contributed by atoms with Crippen LogP contribution in [0.4, 0.5) is 0 Å². The lowest BCUT2D eigenvalue weighted by atomic mass is 10.3. The highest BCUT2D eigenvalue weighted by atomic mass is 32.2. The van der Waals surface area contributed by atoms with E-state index in [1.807, 2.05) is 23.6 Å². The van der Waals surface area contributed by atoms with Crippen LogP contribution in [0.15, 0.2) is 40.9 Å². The minimum Gasteiger partial charge on any atom is -0.384 e. The van der Waals surface area contributed by atoms with E-state index in [1.54, 1.807) is 29.3 Å². The summed E-state index contributed by atoms with van der Waals surface area (Å²) >= 11 is 3.40. The zero-order valence-electron chi connectivity index (χ0n) is 9.09. The Balaban J connectivity index is 1.94. The minimum absolute atomic E-state index is 0.0894. The van der Waals surface area contributed by atoms with Gasteiger partial charge in [-0.3, -0.25) is 0 Å². The van der Waals surface area contributed by atoms with Gasteiger partial charge < -0.3 is 5.11 Å². The van der Waals surface area contributed by atoms with Crippen LogP contribution in [0.3, 0.4) is 0 Å². The van der Waals surface area contributed by atoms with E-state index in [0.717, 1.165) is 16.3 Å². The van der Waals surface area contributed by atoms with Crippen LogP contribution in [0.1, 0.15) is 10.4 Å². The standard InChI is InChI=1S/C13H11NOS2/c15-7-3-4-11-8-12(16-9-11)10-17-13-5-1-2-6-14-13/h1-2,5-6,8-9,15H,7,10H2. The zero-order chi connectivity index (χ0) is 11.9. The molecule has 0 aliphatic heterocycles. The highest BCUT2D eigenvalue weighted by Gasteiger charge is 2.00. The lowest BCUT2D eigenvalue weighted by Gasteiger charge is -1.96. The molecule has 2 aromatic heterocycles. The molecule has 0 bridgehead atoms. The van der Waals surface area contributed by atoms with Crippen LogP contribution in [0.25, 0.3) is 0 Å². The van der Waals surface area contributed by atoms with Gasteiger partial charge in [0.05, 0.1) is 5.03 Å². The van der Waals surface area contributed by atoms with Gasteiger partial charge in [0.2, 0.25) is 0 Å². The largest absolute Gasteiger partial charge is 0.384 e. The van der Waals surface area contributed by atoms with Crippen LogP contribution in [0, 0.1) is 11.8 Å². The van der Waals surface area contributed by atoms with Crippen LogP contribution >= 0.6 is 23.1 Å². The van der Waals surface area contributed by atoms with Gasteiger partial charge in [-0.25, -0.2) is 4.98 Å². The van der Waals surface area contributed by atoms with E-state index >= 15 is 0 Å². The Kier molecular flexibility index (Phi) is 4.63. The number of rotatable bonds is 3. The Morgan fingerprint density at radius 3 is 3.12 bits per heavy atom. The van der Waals surface area contributed by atoms with Gasteiger partial charge in [0.15, 0.2) is 0 Å². The van der Waals surface area contributed by atoms with Gasteiger partial charge in [0, 0.05) is 27.8 Å². The molecule has 0 fully saturated rings. The molecular weight excluding hydrogens is 250 g/mol. The molecule has 2 heterocycles. The van der Waals surface area contributed by atoms with Gasteiger partial charge >= 0.3 is 0 Å². The quantitative estimate of drug-likeness (QED) is 0.681. The fraction of sp³-hybridized carbons (Fsp3) is 0.154. The molecule has 0 radical (unpaired) electrons. The van der Waals surface area contributed by atoms with Crippen molar-refractivity contribution in [2.75, 3.05) is 6.61 Å². The number of thiophene rings is 1. The van der Waals surface area contributed by atoms with E-state index in [9.17, 15) is 0 Å². The van der Waals surface area contributed by atoms with Crippen molar-refractivity contribution in [1.82, 2.24) is 4.98 Å². The smallest absolute Gasteiger partial charge is 0.104 e. The number of aliphatic hydroxyl groups excluding tert-OH is 1. The number of aromatic nitrogens is 1. The monoisotopic (exact) mass is 261 g/mol. The van der Waals surface area contributed by atoms with E-state index in [2.05, 4.69) is 22.9 Å². The minimum atomic E-state index is -0.0894. The summed E-state index contributed by atoms with van der Waals surface area (Å²) in [6.07, 6.45) is 1.80. The molecule has 0 unspecified atom stereocenters. The van der Waals surface area contributed by atoms with E-state index in [0.29, 0.717) is 0 Å². The number of hydrogen-bond acceptors (Lipinski definition) is 4. The van der Waals surface area contributed by atoms with Crippen molar-refractivity contribution in [3.05, 3.63) is 46.3 Å². The van der Waals surface area contributed by atoms with E-state index in [1.165, 1.54) is 4.88 Å². The summed E-state index contributed by atoms with van der Waals surface area (Å²) in [6.45, 7) is -0.0894. The molecule has 86 valence electrons. The summed E-state index contributed by atoms with van der Waals surface area (Å²) < 4.78 is 0. The average molecular weight is 261 g/mol. The molecule has 1 N–H and O–H groups in total. The van der Waals surface area contributed by atoms with Crippen LogP contribution in [-0.2, 0) is 5.75 Å². The second-order valence-electron chi connectivity index (χ2n) is 3.22. The van der Waals surface area contributed by atoms with Crippen molar-refractivity contribution in [2.24, 2.45) is 0 Å². The molecule has 2 rings (SSSR count). The summed E-state index contributed by atoms with van der Waals surface area (Å²) in [5, 5.41) is 11.6. The van der Waals surface area contributed by atoms with Gasteiger partial charge in [-0.1, -0.05) is 17.9 Å². The first-order valence-electron chi connectivity index (χ1n) is 5.09. The van der Waals surface area contributed by atoms with Crippen molar-refractivity contribution in [2.45, 2.75) is 10.8 Å². The maximum absolute atomic E-state index is 8.60. The Morgan fingerprint density at radius 1 is 1.41 bits per heavy atom. The fourth-order valence-electron chi connectivity index (χ4n) is 1.24. The summed E-state index contributed by atoms with van der Waals surface area (Å²) in [7, 11) is 0. The van der Waals surface area contributed by atoms with Crippen LogP contribution in [0.2, 0.25) is 0 Å². The second-order valence-corrected chi connectivity index (χ2v) is 5.21. The molecule has 2 nitrogen and oxygen atoms in total. The third-order valence-electron chi connectivity index (χ3n) is 1.97. The summed E-state index contributed by atoms with van der Waals surface area (Å²) in [6, 6.07) is 7.97. The van der Waals surface area contributed by atoms with Gasteiger partial charge in [-0.15, -0.1) is 23.1 Å². The van der Waals surface area contributed by atoms with Crippen LogP contribution in [-0.4, -0.2) is 16.7 Å². The zero-order valence-corrected chi connectivity index (χ0v) is 10.7. The number of aliphatic hydroxyl groups is 1.